The lowest BCUT2D eigenvalue weighted by Gasteiger charge is -2.14. The molecular weight excluding hydrogens is 290 g/mol. The highest BCUT2D eigenvalue weighted by Crippen LogP contribution is 2.30. The van der Waals surface area contributed by atoms with Crippen LogP contribution in [0.2, 0.25) is 5.02 Å². The number of rotatable bonds is 4. The molecule has 1 unspecified atom stereocenters. The number of nitrogens with zero attached hydrogens (tertiary/aromatic N) is 1. The number of carbonyl (C=O) groups is 2. The molecule has 1 rings (SSSR count). The van der Waals surface area contributed by atoms with Crippen LogP contribution in [0.4, 0.5) is 10.5 Å². The van der Waals surface area contributed by atoms with Crippen molar-refractivity contribution < 1.29 is 19.2 Å². The molecule has 1 atom stereocenters. The number of halogens is 1. The van der Waals surface area contributed by atoms with E-state index in [0.717, 1.165) is 0 Å². The maximum Gasteiger partial charge on any atom is 0.321 e. The van der Waals surface area contributed by atoms with Crippen molar-refractivity contribution >= 4 is 29.2 Å². The minimum atomic E-state index is -1.11. The van der Waals surface area contributed by atoms with Gasteiger partial charge in [0.05, 0.1) is 4.92 Å². The molecule has 0 aliphatic heterocycles. The van der Waals surface area contributed by atoms with Crippen molar-refractivity contribution in [2.45, 2.75) is 13.0 Å². The van der Waals surface area contributed by atoms with Gasteiger partial charge >= 0.3 is 11.7 Å². The highest BCUT2D eigenvalue weighted by Gasteiger charge is 2.22. The Bertz CT molecular complexity index is 549. The second-order valence-electron chi connectivity index (χ2n) is 3.70. The third-order valence-corrected chi connectivity index (χ3v) is 2.49. The highest BCUT2D eigenvalue weighted by molar-refractivity contribution is 6.30. The molecule has 3 amide bonds. The van der Waals surface area contributed by atoms with Crippen LogP contribution in [0, 0.1) is 10.1 Å². The topological polar surface area (TPSA) is 111 Å². The Morgan fingerprint density at radius 2 is 2.10 bits per heavy atom. The molecule has 0 saturated heterocycles. The summed E-state index contributed by atoms with van der Waals surface area (Å²) in [6.07, 6.45) is -1.11. The number of hydrogen-bond acceptors (Lipinski definition) is 5. The standard InChI is InChI=1S/C11H12ClN3O5/c1-6(10(16)14-11(17)13-2)20-9-5-7(12)3-4-8(9)15(18)19/h3-6H,1-2H3,(H2,13,14,16,17). The quantitative estimate of drug-likeness (QED) is 0.646. The van der Waals surface area contributed by atoms with Crippen molar-refractivity contribution in [3.63, 3.8) is 0 Å². The number of imide groups is 1. The molecular formula is C11H12ClN3O5. The smallest absolute Gasteiger partial charge is 0.321 e. The predicted molar refractivity (Wildman–Crippen MR) is 70.8 cm³/mol. The third-order valence-electron chi connectivity index (χ3n) is 2.26. The van der Waals surface area contributed by atoms with Gasteiger partial charge in [0.15, 0.2) is 11.9 Å². The zero-order valence-corrected chi connectivity index (χ0v) is 11.4. The molecule has 8 nitrogen and oxygen atoms in total. The number of carbonyl (C=O) groups excluding carboxylic acids is 2. The second kappa shape index (κ2) is 6.71. The van der Waals surface area contributed by atoms with E-state index < -0.39 is 23.0 Å². The summed E-state index contributed by atoms with van der Waals surface area (Å²) in [6.45, 7) is 1.35. The fraction of sp³-hybridized carbons (Fsp3) is 0.273. The van der Waals surface area contributed by atoms with E-state index in [1.54, 1.807) is 0 Å². The lowest BCUT2D eigenvalue weighted by Crippen LogP contribution is -2.44. The van der Waals surface area contributed by atoms with Crippen LogP contribution in [0.15, 0.2) is 18.2 Å². The summed E-state index contributed by atoms with van der Waals surface area (Å²) in [6, 6.07) is 3.03. The van der Waals surface area contributed by atoms with Gasteiger partial charge in [-0.25, -0.2) is 4.79 Å². The van der Waals surface area contributed by atoms with Crippen molar-refractivity contribution in [1.82, 2.24) is 10.6 Å². The molecule has 0 fully saturated rings. The number of nitrogens with one attached hydrogen (secondary N) is 2. The first kappa shape index (κ1) is 15.7. The van der Waals surface area contributed by atoms with Crippen LogP contribution in [-0.4, -0.2) is 30.0 Å². The molecule has 0 spiro atoms. The van der Waals surface area contributed by atoms with Crippen LogP contribution < -0.4 is 15.4 Å². The van der Waals surface area contributed by atoms with Crippen molar-refractivity contribution in [1.29, 1.82) is 0 Å². The summed E-state index contributed by atoms with van der Waals surface area (Å²) in [4.78, 5) is 32.7. The summed E-state index contributed by atoms with van der Waals surface area (Å²) >= 11 is 5.72. The Hall–Kier alpha value is -2.35. The first-order chi connectivity index (χ1) is 9.35. The molecule has 0 heterocycles. The van der Waals surface area contributed by atoms with E-state index in [-0.39, 0.29) is 16.5 Å². The maximum absolute atomic E-state index is 11.6. The Labute approximate surface area is 119 Å². The molecule has 1 aromatic carbocycles. The van der Waals surface area contributed by atoms with Crippen LogP contribution >= 0.6 is 11.6 Å². The van der Waals surface area contributed by atoms with Crippen LogP contribution in [0.5, 0.6) is 5.75 Å². The molecule has 0 radical (unpaired) electrons. The average Bonchev–Trinajstić information content (AvgIpc) is 2.38. The number of hydrogen-bond donors (Lipinski definition) is 2. The van der Waals surface area contributed by atoms with Crippen LogP contribution in [0.25, 0.3) is 0 Å². The number of urea groups is 1. The van der Waals surface area contributed by atoms with E-state index in [0.29, 0.717) is 0 Å². The Morgan fingerprint density at radius 1 is 1.45 bits per heavy atom. The first-order valence-electron chi connectivity index (χ1n) is 5.48. The van der Waals surface area contributed by atoms with Gasteiger partial charge in [0.1, 0.15) is 0 Å². The molecule has 20 heavy (non-hydrogen) atoms. The van der Waals surface area contributed by atoms with Crippen molar-refractivity contribution in [2.75, 3.05) is 7.05 Å². The van der Waals surface area contributed by atoms with Gasteiger partial charge in [-0.3, -0.25) is 20.2 Å². The molecule has 0 aromatic heterocycles. The van der Waals surface area contributed by atoms with E-state index in [9.17, 15) is 19.7 Å². The average molecular weight is 302 g/mol. The highest BCUT2D eigenvalue weighted by atomic mass is 35.5. The molecule has 2 N–H and O–H groups in total. The summed E-state index contributed by atoms with van der Waals surface area (Å²) in [7, 11) is 1.34. The van der Waals surface area contributed by atoms with Gasteiger partial charge in [-0.2, -0.15) is 0 Å². The largest absolute Gasteiger partial charge is 0.474 e. The lowest BCUT2D eigenvalue weighted by atomic mass is 10.3. The third kappa shape index (κ3) is 4.09. The molecule has 9 heteroatoms. The molecule has 0 aliphatic rings. The lowest BCUT2D eigenvalue weighted by molar-refractivity contribution is -0.386. The normalized spacial score (nSPS) is 11.3. The monoisotopic (exact) mass is 301 g/mol. The van der Waals surface area contributed by atoms with Gasteiger partial charge in [0.25, 0.3) is 5.91 Å². The SMILES string of the molecule is CNC(=O)NC(=O)C(C)Oc1cc(Cl)ccc1[N+](=O)[O-]. The van der Waals surface area contributed by atoms with E-state index in [4.69, 9.17) is 16.3 Å². The molecule has 0 aliphatic carbocycles. The minimum Gasteiger partial charge on any atom is -0.474 e. The Balaban J connectivity index is 2.87. The van der Waals surface area contributed by atoms with Crippen LogP contribution in [0.1, 0.15) is 6.92 Å². The minimum absolute atomic E-state index is 0.151. The number of amides is 3. The zero-order chi connectivity index (χ0) is 15.3. The fourth-order valence-corrected chi connectivity index (χ4v) is 1.42. The second-order valence-corrected chi connectivity index (χ2v) is 4.13. The molecule has 0 saturated carbocycles. The van der Waals surface area contributed by atoms with Crippen LogP contribution in [-0.2, 0) is 4.79 Å². The fourth-order valence-electron chi connectivity index (χ4n) is 1.25. The van der Waals surface area contributed by atoms with Gasteiger partial charge in [-0.15, -0.1) is 0 Å². The Morgan fingerprint density at radius 3 is 2.65 bits per heavy atom. The number of benzene rings is 1. The number of nitro benzene ring substituents is 1. The number of ether oxygens (including phenoxy) is 1. The summed E-state index contributed by atoms with van der Waals surface area (Å²) < 4.78 is 5.18. The first-order valence-corrected chi connectivity index (χ1v) is 5.86. The van der Waals surface area contributed by atoms with Gasteiger partial charge in [-0.05, 0) is 13.0 Å². The van der Waals surface area contributed by atoms with E-state index in [1.165, 1.54) is 32.2 Å². The van der Waals surface area contributed by atoms with Crippen molar-refractivity contribution in [3.8, 4) is 5.75 Å². The Kier molecular flexibility index (Phi) is 5.27. The molecule has 1 aromatic rings. The van der Waals surface area contributed by atoms with Crippen LogP contribution in [0.3, 0.4) is 0 Å². The molecule has 0 bridgehead atoms. The van der Waals surface area contributed by atoms with Gasteiger partial charge < -0.3 is 10.1 Å². The van der Waals surface area contributed by atoms with E-state index >= 15 is 0 Å². The zero-order valence-electron chi connectivity index (χ0n) is 10.7. The maximum atomic E-state index is 11.6. The van der Waals surface area contributed by atoms with Crippen molar-refractivity contribution in [3.05, 3.63) is 33.3 Å². The van der Waals surface area contributed by atoms with E-state index in [1.807, 2.05) is 5.32 Å². The predicted octanol–water partition coefficient (Wildman–Crippen LogP) is 1.47. The van der Waals surface area contributed by atoms with Gasteiger partial charge in [-0.1, -0.05) is 11.6 Å². The molecule has 108 valence electrons. The van der Waals surface area contributed by atoms with Crippen molar-refractivity contribution in [2.24, 2.45) is 0 Å². The summed E-state index contributed by atoms with van der Waals surface area (Å²) in [5.41, 5.74) is -0.325. The summed E-state index contributed by atoms with van der Waals surface area (Å²) in [5, 5.41) is 15.2. The van der Waals surface area contributed by atoms with Gasteiger partial charge in [0, 0.05) is 24.2 Å². The summed E-state index contributed by atoms with van der Waals surface area (Å²) in [5.74, 6) is -0.888. The van der Waals surface area contributed by atoms with Gasteiger partial charge in [0.2, 0.25) is 0 Å². The van der Waals surface area contributed by atoms with E-state index in [2.05, 4.69) is 5.32 Å². The number of nitro groups is 1.